The van der Waals surface area contributed by atoms with E-state index in [0.717, 1.165) is 0 Å². The summed E-state index contributed by atoms with van der Waals surface area (Å²) in [7, 11) is 0. The summed E-state index contributed by atoms with van der Waals surface area (Å²) < 4.78 is 0. The highest BCUT2D eigenvalue weighted by atomic mass is 35.5. The summed E-state index contributed by atoms with van der Waals surface area (Å²) in [6, 6.07) is 9.04. The molecule has 6 nitrogen and oxygen atoms in total. The molecule has 24 heavy (non-hydrogen) atoms. The van der Waals surface area contributed by atoms with E-state index in [1.165, 1.54) is 30.5 Å². The van der Waals surface area contributed by atoms with Crippen molar-refractivity contribution in [1.29, 1.82) is 0 Å². The van der Waals surface area contributed by atoms with Gasteiger partial charge in [-0.05, 0) is 42.5 Å². The Balaban J connectivity index is 2.01. The summed E-state index contributed by atoms with van der Waals surface area (Å²) in [6.07, 6.45) is 1.30. The summed E-state index contributed by atoms with van der Waals surface area (Å²) in [5, 5.41) is 26.0. The van der Waals surface area contributed by atoms with Crippen LogP contribution in [0.5, 0.6) is 5.75 Å². The van der Waals surface area contributed by atoms with E-state index in [9.17, 15) is 9.90 Å². The molecule has 124 valence electrons. The second-order valence-corrected chi connectivity index (χ2v) is 5.79. The lowest BCUT2D eigenvalue weighted by Crippen LogP contribution is -2.24. The van der Waals surface area contributed by atoms with E-state index in [1.807, 2.05) is 0 Å². The van der Waals surface area contributed by atoms with Crippen LogP contribution < -0.4 is 10.7 Å². The predicted octanol–water partition coefficient (Wildman–Crippen LogP) is 3.72. The van der Waals surface area contributed by atoms with Gasteiger partial charge in [-0.3, -0.25) is 5.43 Å². The summed E-state index contributed by atoms with van der Waals surface area (Å²) in [4.78, 5) is 10.9. The highest BCUT2D eigenvalue weighted by Crippen LogP contribution is 2.29. The number of nitrogens with one attached hydrogen (secondary N) is 2. The van der Waals surface area contributed by atoms with Gasteiger partial charge in [-0.1, -0.05) is 29.3 Å². The lowest BCUT2D eigenvalue weighted by molar-refractivity contribution is 0.0697. The van der Waals surface area contributed by atoms with E-state index in [0.29, 0.717) is 16.3 Å². The largest absolute Gasteiger partial charge is 0.506 e. The van der Waals surface area contributed by atoms with E-state index in [1.54, 1.807) is 12.1 Å². The van der Waals surface area contributed by atoms with Crippen molar-refractivity contribution in [2.24, 2.45) is 5.10 Å². The number of halogens is 2. The molecule has 0 aliphatic carbocycles. The number of benzene rings is 2. The predicted molar refractivity (Wildman–Crippen MR) is 98.5 cm³/mol. The Kier molecular flexibility index (Phi) is 5.97. The molecule has 0 radical (unpaired) electrons. The third kappa shape index (κ3) is 4.82. The first kappa shape index (κ1) is 18.0. The van der Waals surface area contributed by atoms with E-state index >= 15 is 0 Å². The standard InChI is InChI=1S/C15H11Cl2N3O3S/c16-10-4-9(13(21)12(17)6-10)7-18-20-15(24)19-11-3-1-2-8(5-11)14(22)23/h1-7,21H,(H,22,23)(H2,19,20,24)/b18-7+. The maximum atomic E-state index is 10.9. The number of hydrogen-bond acceptors (Lipinski definition) is 4. The van der Waals surface area contributed by atoms with Gasteiger partial charge in [0, 0.05) is 16.3 Å². The van der Waals surface area contributed by atoms with Crippen molar-refractivity contribution in [3.05, 3.63) is 57.6 Å². The summed E-state index contributed by atoms with van der Waals surface area (Å²) in [5.74, 6) is -1.19. The average molecular weight is 384 g/mol. The molecule has 9 heteroatoms. The molecule has 0 atom stereocenters. The fourth-order valence-corrected chi connectivity index (χ4v) is 2.41. The van der Waals surface area contributed by atoms with Crippen molar-refractivity contribution in [2.75, 3.05) is 5.32 Å². The minimum atomic E-state index is -1.04. The van der Waals surface area contributed by atoms with Crippen molar-refractivity contribution < 1.29 is 15.0 Å². The Morgan fingerprint density at radius 1 is 1.25 bits per heavy atom. The summed E-state index contributed by atoms with van der Waals surface area (Å²) >= 11 is 16.7. The lowest BCUT2D eigenvalue weighted by atomic mass is 10.2. The third-order valence-electron chi connectivity index (χ3n) is 2.79. The zero-order valence-corrected chi connectivity index (χ0v) is 14.3. The Bertz CT molecular complexity index is 828. The number of rotatable bonds is 4. The molecular formula is C15H11Cl2N3O3S. The first-order chi connectivity index (χ1) is 11.4. The number of anilines is 1. The minimum absolute atomic E-state index is 0.107. The second-order valence-electron chi connectivity index (χ2n) is 4.54. The molecular weight excluding hydrogens is 373 g/mol. The van der Waals surface area contributed by atoms with Crippen LogP contribution in [0, 0.1) is 0 Å². The Morgan fingerprint density at radius 2 is 2.00 bits per heavy atom. The smallest absolute Gasteiger partial charge is 0.335 e. The highest BCUT2D eigenvalue weighted by Gasteiger charge is 2.06. The van der Waals surface area contributed by atoms with Crippen LogP contribution in [0.15, 0.2) is 41.5 Å². The number of nitrogens with zero attached hydrogens (tertiary/aromatic N) is 1. The van der Waals surface area contributed by atoms with Crippen molar-refractivity contribution >= 4 is 58.4 Å². The van der Waals surface area contributed by atoms with E-state index < -0.39 is 5.97 Å². The number of phenolic OH excluding ortho intramolecular Hbond substituents is 1. The second kappa shape index (κ2) is 7.96. The first-order valence-electron chi connectivity index (χ1n) is 6.48. The molecule has 0 spiro atoms. The summed E-state index contributed by atoms with van der Waals surface area (Å²) in [5.41, 5.74) is 3.48. The van der Waals surface area contributed by atoms with Gasteiger partial charge in [-0.25, -0.2) is 4.79 Å². The van der Waals surface area contributed by atoms with Gasteiger partial charge in [0.2, 0.25) is 0 Å². The van der Waals surface area contributed by atoms with Crippen molar-refractivity contribution in [3.8, 4) is 5.75 Å². The zero-order chi connectivity index (χ0) is 17.7. The number of carboxylic acid groups (broad SMARTS) is 1. The Morgan fingerprint density at radius 3 is 2.71 bits per heavy atom. The molecule has 0 aliphatic heterocycles. The van der Waals surface area contributed by atoms with Crippen LogP contribution in [-0.2, 0) is 0 Å². The molecule has 4 N–H and O–H groups in total. The van der Waals surface area contributed by atoms with Gasteiger partial charge in [-0.15, -0.1) is 0 Å². The number of thiocarbonyl (C=S) groups is 1. The molecule has 0 heterocycles. The molecule has 0 aromatic heterocycles. The molecule has 0 aliphatic rings. The van der Waals surface area contributed by atoms with E-state index in [2.05, 4.69) is 15.8 Å². The van der Waals surface area contributed by atoms with Gasteiger partial charge < -0.3 is 15.5 Å². The number of carbonyl (C=O) groups is 1. The molecule has 0 amide bonds. The highest BCUT2D eigenvalue weighted by molar-refractivity contribution is 7.80. The first-order valence-corrected chi connectivity index (χ1v) is 7.64. The van der Waals surface area contributed by atoms with E-state index in [-0.39, 0.29) is 21.4 Å². The molecule has 2 rings (SSSR count). The number of aromatic carboxylic acids is 1. The average Bonchev–Trinajstić information content (AvgIpc) is 2.52. The molecule has 0 unspecified atom stereocenters. The fraction of sp³-hybridized carbons (Fsp3) is 0. The maximum Gasteiger partial charge on any atom is 0.335 e. The molecule has 0 bridgehead atoms. The quantitative estimate of drug-likeness (QED) is 0.365. The van der Waals surface area contributed by atoms with Crippen LogP contribution in [0.3, 0.4) is 0 Å². The van der Waals surface area contributed by atoms with Gasteiger partial charge in [-0.2, -0.15) is 5.10 Å². The Hall–Kier alpha value is -2.35. The zero-order valence-electron chi connectivity index (χ0n) is 12.0. The van der Waals surface area contributed by atoms with Crippen LogP contribution in [0.2, 0.25) is 10.0 Å². The lowest BCUT2D eigenvalue weighted by Gasteiger charge is -2.08. The number of hydrogen-bond donors (Lipinski definition) is 4. The van der Waals surface area contributed by atoms with Gasteiger partial charge in [0.15, 0.2) is 5.11 Å². The van der Waals surface area contributed by atoms with Crippen LogP contribution in [0.1, 0.15) is 15.9 Å². The van der Waals surface area contributed by atoms with Gasteiger partial charge >= 0.3 is 5.97 Å². The summed E-state index contributed by atoms with van der Waals surface area (Å²) in [6.45, 7) is 0. The van der Waals surface area contributed by atoms with Gasteiger partial charge in [0.1, 0.15) is 5.75 Å². The van der Waals surface area contributed by atoms with Crippen molar-refractivity contribution in [1.82, 2.24) is 5.43 Å². The molecule has 0 saturated carbocycles. The number of aromatic hydroxyl groups is 1. The number of hydrazone groups is 1. The fourth-order valence-electron chi connectivity index (χ4n) is 1.73. The Labute approximate surface area is 152 Å². The monoisotopic (exact) mass is 383 g/mol. The van der Waals surface area contributed by atoms with Crippen LogP contribution in [-0.4, -0.2) is 27.5 Å². The molecule has 0 fully saturated rings. The van der Waals surface area contributed by atoms with Crippen molar-refractivity contribution in [3.63, 3.8) is 0 Å². The van der Waals surface area contributed by atoms with Crippen LogP contribution in [0.4, 0.5) is 5.69 Å². The van der Waals surface area contributed by atoms with Crippen molar-refractivity contribution in [2.45, 2.75) is 0 Å². The number of phenols is 1. The maximum absolute atomic E-state index is 10.9. The topological polar surface area (TPSA) is 94.0 Å². The number of carboxylic acids is 1. The van der Waals surface area contributed by atoms with E-state index in [4.69, 9.17) is 40.5 Å². The minimum Gasteiger partial charge on any atom is -0.506 e. The SMILES string of the molecule is O=C(O)c1cccc(NC(=S)N/N=C/c2cc(Cl)cc(Cl)c2O)c1. The van der Waals surface area contributed by atoms with Crippen LogP contribution in [0.25, 0.3) is 0 Å². The molecule has 0 saturated heterocycles. The van der Waals surface area contributed by atoms with Crippen LogP contribution >= 0.6 is 35.4 Å². The normalized spacial score (nSPS) is 10.6. The van der Waals surface area contributed by atoms with Gasteiger partial charge in [0.05, 0.1) is 16.8 Å². The third-order valence-corrected chi connectivity index (χ3v) is 3.49. The molecule has 2 aromatic rings. The van der Waals surface area contributed by atoms with Gasteiger partial charge in [0.25, 0.3) is 0 Å². The molecule has 2 aromatic carbocycles.